The number of fused-ring (bicyclic) bond motifs is 3. The predicted molar refractivity (Wildman–Crippen MR) is 98.2 cm³/mol. The fourth-order valence-corrected chi connectivity index (χ4v) is 4.98. The molecule has 0 spiro atoms. The number of carbonyl (C=O) groups is 1. The zero-order chi connectivity index (χ0) is 16.8. The average Bonchev–Trinajstić information content (AvgIpc) is 3.20. The van der Waals surface area contributed by atoms with Gasteiger partial charge in [-0.05, 0) is 60.8 Å². The summed E-state index contributed by atoms with van der Waals surface area (Å²) < 4.78 is 10.8. The van der Waals surface area contributed by atoms with Crippen LogP contribution in [-0.4, -0.2) is 37.6 Å². The van der Waals surface area contributed by atoms with Gasteiger partial charge in [-0.25, -0.2) is 0 Å². The Labute approximate surface area is 155 Å². The molecule has 4 atom stereocenters. The maximum Gasteiger partial charge on any atom is 0.227 e. The van der Waals surface area contributed by atoms with Crippen LogP contribution in [0.25, 0.3) is 0 Å². The van der Waals surface area contributed by atoms with Crippen LogP contribution >= 0.6 is 12.4 Å². The zero-order valence-corrected chi connectivity index (χ0v) is 15.7. The number of hydrogen-bond acceptors (Lipinski definition) is 4. The highest BCUT2D eigenvalue weighted by Crippen LogP contribution is 2.48. The van der Waals surface area contributed by atoms with E-state index in [-0.39, 0.29) is 30.3 Å². The molecule has 0 aromatic heterocycles. The van der Waals surface area contributed by atoms with Crippen LogP contribution in [0.5, 0.6) is 11.5 Å². The first kappa shape index (κ1) is 18.3. The number of ether oxygens (including phenoxy) is 2. The summed E-state index contributed by atoms with van der Waals surface area (Å²) >= 11 is 0. The number of amides is 1. The van der Waals surface area contributed by atoms with E-state index in [0.717, 1.165) is 36.4 Å². The highest BCUT2D eigenvalue weighted by Gasteiger charge is 2.50. The first-order valence-electron chi connectivity index (χ1n) is 8.90. The quantitative estimate of drug-likeness (QED) is 0.892. The Morgan fingerprint density at radius 2 is 1.76 bits per heavy atom. The summed E-state index contributed by atoms with van der Waals surface area (Å²) in [6.45, 7) is 1.41. The molecule has 3 aliphatic rings. The van der Waals surface area contributed by atoms with E-state index in [1.165, 1.54) is 18.4 Å². The van der Waals surface area contributed by atoms with E-state index in [0.29, 0.717) is 18.4 Å². The molecular weight excluding hydrogens is 340 g/mol. The van der Waals surface area contributed by atoms with Crippen molar-refractivity contribution >= 4 is 18.3 Å². The van der Waals surface area contributed by atoms with Gasteiger partial charge in [-0.2, -0.15) is 0 Å². The Balaban J connectivity index is 0.00000182. The standard InChI is InChI=1S/C19H26N2O3.ClH/c1-23-15-8-11-5-6-21(10-14(11)9-16(15)24-2)19(22)17-12-3-4-13(7-12)18(17)20;/h8-9,12-13,17-18H,3-7,10,20H2,1-2H3;1H. The van der Waals surface area contributed by atoms with Crippen molar-refractivity contribution in [3.63, 3.8) is 0 Å². The molecule has 25 heavy (non-hydrogen) atoms. The van der Waals surface area contributed by atoms with Gasteiger partial charge in [-0.1, -0.05) is 0 Å². The molecule has 6 heteroatoms. The molecule has 4 unspecified atom stereocenters. The van der Waals surface area contributed by atoms with Crippen LogP contribution < -0.4 is 15.2 Å². The summed E-state index contributed by atoms with van der Waals surface area (Å²) in [5.41, 5.74) is 8.77. The maximum atomic E-state index is 13.1. The third-order valence-corrected chi connectivity index (χ3v) is 6.30. The third kappa shape index (κ3) is 2.97. The molecule has 0 radical (unpaired) electrons. The van der Waals surface area contributed by atoms with Gasteiger partial charge in [0.25, 0.3) is 0 Å². The molecule has 1 aromatic rings. The summed E-state index contributed by atoms with van der Waals surface area (Å²) in [4.78, 5) is 15.1. The van der Waals surface area contributed by atoms with E-state index in [2.05, 4.69) is 0 Å². The Morgan fingerprint density at radius 1 is 1.12 bits per heavy atom. The van der Waals surface area contributed by atoms with E-state index in [1.54, 1.807) is 14.2 Å². The van der Waals surface area contributed by atoms with Gasteiger partial charge < -0.3 is 20.1 Å². The first-order chi connectivity index (χ1) is 11.6. The van der Waals surface area contributed by atoms with Crippen LogP contribution in [0.3, 0.4) is 0 Å². The van der Waals surface area contributed by atoms with E-state index < -0.39 is 0 Å². The Kier molecular flexibility index (Phi) is 5.16. The highest BCUT2D eigenvalue weighted by atomic mass is 35.5. The zero-order valence-electron chi connectivity index (χ0n) is 14.9. The number of benzene rings is 1. The van der Waals surface area contributed by atoms with Crippen LogP contribution in [0.1, 0.15) is 30.4 Å². The van der Waals surface area contributed by atoms with Gasteiger partial charge in [0.2, 0.25) is 5.91 Å². The first-order valence-corrected chi connectivity index (χ1v) is 8.90. The topological polar surface area (TPSA) is 64.8 Å². The molecule has 0 saturated heterocycles. The van der Waals surface area contributed by atoms with Crippen LogP contribution in [0, 0.1) is 17.8 Å². The number of methoxy groups -OCH3 is 2. The second-order valence-electron chi connectivity index (χ2n) is 7.42. The van der Waals surface area contributed by atoms with Crippen molar-refractivity contribution in [3.05, 3.63) is 23.3 Å². The van der Waals surface area contributed by atoms with Gasteiger partial charge in [0.15, 0.2) is 11.5 Å². The van der Waals surface area contributed by atoms with Gasteiger partial charge in [-0.3, -0.25) is 4.79 Å². The summed E-state index contributed by atoms with van der Waals surface area (Å²) in [5.74, 6) is 2.84. The van der Waals surface area contributed by atoms with Crippen molar-refractivity contribution in [1.29, 1.82) is 0 Å². The lowest BCUT2D eigenvalue weighted by molar-refractivity contribution is -0.138. The third-order valence-electron chi connectivity index (χ3n) is 6.30. The van der Waals surface area contributed by atoms with Crippen molar-refractivity contribution in [2.45, 2.75) is 38.3 Å². The minimum absolute atomic E-state index is 0. The Bertz CT molecular complexity index is 664. The van der Waals surface area contributed by atoms with Crippen LogP contribution in [0.2, 0.25) is 0 Å². The van der Waals surface area contributed by atoms with Gasteiger partial charge in [0.05, 0.1) is 20.1 Å². The average molecular weight is 367 g/mol. The normalized spacial score (nSPS) is 29.8. The predicted octanol–water partition coefficient (Wildman–Crippen LogP) is 2.38. The van der Waals surface area contributed by atoms with E-state index in [9.17, 15) is 4.79 Å². The van der Waals surface area contributed by atoms with E-state index in [1.807, 2.05) is 17.0 Å². The van der Waals surface area contributed by atoms with Crippen molar-refractivity contribution in [1.82, 2.24) is 4.90 Å². The fourth-order valence-electron chi connectivity index (χ4n) is 4.98. The Hall–Kier alpha value is -1.46. The molecule has 2 bridgehead atoms. The van der Waals surface area contributed by atoms with Crippen molar-refractivity contribution in [3.8, 4) is 11.5 Å². The molecule has 1 heterocycles. The van der Waals surface area contributed by atoms with Crippen molar-refractivity contribution in [2.75, 3.05) is 20.8 Å². The van der Waals surface area contributed by atoms with E-state index in [4.69, 9.17) is 15.2 Å². The number of hydrogen-bond donors (Lipinski definition) is 1. The van der Waals surface area contributed by atoms with Crippen LogP contribution in [0.15, 0.2) is 12.1 Å². The van der Waals surface area contributed by atoms with Gasteiger partial charge in [0.1, 0.15) is 0 Å². The lowest BCUT2D eigenvalue weighted by Crippen LogP contribution is -2.48. The van der Waals surface area contributed by atoms with Crippen LogP contribution in [-0.2, 0) is 17.8 Å². The Morgan fingerprint density at radius 3 is 2.36 bits per heavy atom. The number of rotatable bonds is 3. The van der Waals surface area contributed by atoms with Crippen molar-refractivity contribution in [2.24, 2.45) is 23.5 Å². The highest BCUT2D eigenvalue weighted by molar-refractivity contribution is 5.85. The summed E-state index contributed by atoms with van der Waals surface area (Å²) in [7, 11) is 3.30. The molecule has 1 aliphatic heterocycles. The monoisotopic (exact) mass is 366 g/mol. The minimum Gasteiger partial charge on any atom is -0.493 e. The summed E-state index contributed by atoms with van der Waals surface area (Å²) in [6, 6.07) is 4.11. The molecular formula is C19H27ClN2O3. The minimum atomic E-state index is 0. The van der Waals surface area contributed by atoms with E-state index >= 15 is 0 Å². The SMILES string of the molecule is COc1cc2c(cc1OC)CN(C(=O)C1C3CCC(C3)C1N)CC2.Cl. The number of nitrogens with two attached hydrogens (primary N) is 1. The number of halogens is 1. The van der Waals surface area contributed by atoms with Crippen molar-refractivity contribution < 1.29 is 14.3 Å². The number of carbonyl (C=O) groups excluding carboxylic acids is 1. The second-order valence-corrected chi connectivity index (χ2v) is 7.42. The lowest BCUT2D eigenvalue weighted by Gasteiger charge is -2.35. The molecule has 2 fully saturated rings. The number of nitrogens with zero attached hydrogens (tertiary/aromatic N) is 1. The lowest BCUT2D eigenvalue weighted by atomic mass is 9.83. The van der Waals surface area contributed by atoms with Gasteiger partial charge >= 0.3 is 0 Å². The molecule has 4 rings (SSSR count). The molecule has 138 valence electrons. The van der Waals surface area contributed by atoms with Gasteiger partial charge in [0, 0.05) is 19.1 Å². The fraction of sp³-hybridized carbons (Fsp3) is 0.632. The van der Waals surface area contributed by atoms with Crippen LogP contribution in [0.4, 0.5) is 0 Å². The maximum absolute atomic E-state index is 13.1. The molecule has 1 amide bonds. The molecule has 2 N–H and O–H groups in total. The largest absolute Gasteiger partial charge is 0.493 e. The summed E-state index contributed by atoms with van der Waals surface area (Å²) in [5, 5.41) is 0. The molecule has 1 aromatic carbocycles. The molecule has 2 saturated carbocycles. The molecule has 2 aliphatic carbocycles. The van der Waals surface area contributed by atoms with Gasteiger partial charge in [-0.15, -0.1) is 12.4 Å². The molecule has 5 nitrogen and oxygen atoms in total. The second kappa shape index (κ2) is 7.04. The summed E-state index contributed by atoms with van der Waals surface area (Å²) in [6.07, 6.45) is 4.38. The smallest absolute Gasteiger partial charge is 0.227 e.